The number of aliphatic hydroxyl groups excluding tert-OH is 1. The maximum absolute atomic E-state index is 13.6. The van der Waals surface area contributed by atoms with E-state index in [1.54, 1.807) is 11.0 Å². The number of morpholine rings is 1. The van der Waals surface area contributed by atoms with Crippen molar-refractivity contribution in [1.82, 2.24) is 9.80 Å². The van der Waals surface area contributed by atoms with Crippen LogP contribution in [0.15, 0.2) is 42.0 Å². The van der Waals surface area contributed by atoms with Crippen molar-refractivity contribution in [3.05, 3.63) is 58.7 Å². The molecule has 0 bridgehead atoms. The van der Waals surface area contributed by atoms with Gasteiger partial charge >= 0.3 is 0 Å². The lowest BCUT2D eigenvalue weighted by Crippen LogP contribution is -2.39. The number of likely N-dealkylation sites (tertiary alicyclic amines) is 1. The topological polar surface area (TPSA) is 97.8 Å². The predicted octanol–water partition coefficient (Wildman–Crippen LogP) is 4.34. The van der Waals surface area contributed by atoms with Crippen molar-refractivity contribution in [2.45, 2.75) is 52.2 Å². The van der Waals surface area contributed by atoms with E-state index in [0.717, 1.165) is 37.4 Å². The second-order valence-corrected chi connectivity index (χ2v) is 10.7. The van der Waals surface area contributed by atoms with Crippen molar-refractivity contribution in [1.29, 1.82) is 0 Å². The highest BCUT2D eigenvalue weighted by Crippen LogP contribution is 2.43. The molecule has 41 heavy (non-hydrogen) atoms. The summed E-state index contributed by atoms with van der Waals surface area (Å²) in [6.45, 7) is 11.1. The van der Waals surface area contributed by atoms with Gasteiger partial charge in [0.05, 0.1) is 38.0 Å². The minimum atomic E-state index is -0.762. The van der Waals surface area contributed by atoms with Gasteiger partial charge in [0.15, 0.2) is 11.5 Å². The quantitative estimate of drug-likeness (QED) is 0.245. The fourth-order valence-corrected chi connectivity index (χ4v) is 5.77. The Bertz CT molecular complexity index is 1300. The van der Waals surface area contributed by atoms with Gasteiger partial charge in [-0.05, 0) is 68.1 Å². The van der Waals surface area contributed by atoms with Crippen LogP contribution in [0.5, 0.6) is 17.2 Å². The van der Waals surface area contributed by atoms with E-state index in [1.807, 2.05) is 51.1 Å². The highest BCUT2D eigenvalue weighted by Gasteiger charge is 2.46. The Hall–Kier alpha value is -3.56. The first-order chi connectivity index (χ1) is 19.9. The summed E-state index contributed by atoms with van der Waals surface area (Å²) >= 11 is 0. The van der Waals surface area contributed by atoms with Gasteiger partial charge in [0.1, 0.15) is 17.6 Å². The average molecular weight is 565 g/mol. The third-order valence-corrected chi connectivity index (χ3v) is 7.73. The molecule has 1 amide bonds. The first kappa shape index (κ1) is 29.0. The van der Waals surface area contributed by atoms with E-state index in [0.29, 0.717) is 68.4 Å². The molecule has 0 spiro atoms. The number of hydrogen-bond donors (Lipinski definition) is 1. The number of fused-ring (bicyclic) bond motifs is 1. The number of nitrogens with zero attached hydrogens (tertiary/aromatic N) is 2. The highest BCUT2D eigenvalue weighted by atomic mass is 16.5. The van der Waals surface area contributed by atoms with Gasteiger partial charge in [-0.2, -0.15) is 0 Å². The van der Waals surface area contributed by atoms with Crippen molar-refractivity contribution in [3.8, 4) is 17.2 Å². The van der Waals surface area contributed by atoms with Gasteiger partial charge in [-0.3, -0.25) is 14.5 Å². The lowest BCUT2D eigenvalue weighted by Gasteiger charge is -2.29. The second kappa shape index (κ2) is 13.0. The molecule has 2 saturated heterocycles. The summed E-state index contributed by atoms with van der Waals surface area (Å²) in [6, 6.07) is 10.1. The van der Waals surface area contributed by atoms with Crippen LogP contribution in [0.4, 0.5) is 0 Å². The summed E-state index contributed by atoms with van der Waals surface area (Å²) in [4.78, 5) is 30.9. The van der Waals surface area contributed by atoms with E-state index < -0.39 is 17.7 Å². The summed E-state index contributed by atoms with van der Waals surface area (Å²) in [5, 5.41) is 11.6. The van der Waals surface area contributed by atoms with Crippen LogP contribution in [-0.2, 0) is 20.7 Å². The third-order valence-electron chi connectivity index (χ3n) is 7.73. The molecule has 3 heterocycles. The number of ketones is 1. The van der Waals surface area contributed by atoms with E-state index in [-0.39, 0.29) is 17.4 Å². The van der Waals surface area contributed by atoms with Crippen LogP contribution < -0.4 is 14.2 Å². The molecular weight excluding hydrogens is 524 g/mol. The molecular formula is C32H40N2O7. The number of benzene rings is 2. The van der Waals surface area contributed by atoms with Gasteiger partial charge in [0.2, 0.25) is 0 Å². The molecule has 3 aliphatic rings. The fourth-order valence-electron chi connectivity index (χ4n) is 5.77. The average Bonchev–Trinajstić information content (AvgIpc) is 3.48. The maximum atomic E-state index is 13.6. The number of hydrogen-bond acceptors (Lipinski definition) is 8. The van der Waals surface area contributed by atoms with E-state index in [2.05, 4.69) is 4.90 Å². The Morgan fingerprint density at radius 3 is 2.59 bits per heavy atom. The molecule has 0 aromatic heterocycles. The van der Waals surface area contributed by atoms with Gasteiger partial charge in [-0.25, -0.2) is 0 Å². The first-order valence-corrected chi connectivity index (χ1v) is 14.7. The Labute approximate surface area is 241 Å². The molecule has 2 aromatic rings. The van der Waals surface area contributed by atoms with Crippen LogP contribution in [0.3, 0.4) is 0 Å². The molecule has 1 N–H and O–H groups in total. The molecule has 2 fully saturated rings. The number of carbonyl (C=O) groups is 2. The summed E-state index contributed by atoms with van der Waals surface area (Å²) in [5.41, 5.74) is 2.22. The lowest BCUT2D eigenvalue weighted by molar-refractivity contribution is -0.140. The van der Waals surface area contributed by atoms with Gasteiger partial charge in [0, 0.05) is 38.2 Å². The van der Waals surface area contributed by atoms with Gasteiger partial charge in [-0.15, -0.1) is 0 Å². The zero-order valence-electron chi connectivity index (χ0n) is 24.2. The van der Waals surface area contributed by atoms with E-state index >= 15 is 0 Å². The second-order valence-electron chi connectivity index (χ2n) is 10.7. The van der Waals surface area contributed by atoms with Gasteiger partial charge in [0.25, 0.3) is 11.7 Å². The smallest absolute Gasteiger partial charge is 0.295 e. The molecule has 9 heteroatoms. The van der Waals surface area contributed by atoms with Crippen molar-refractivity contribution in [3.63, 3.8) is 0 Å². The largest absolute Gasteiger partial charge is 0.507 e. The molecule has 0 saturated carbocycles. The zero-order valence-corrected chi connectivity index (χ0v) is 24.2. The minimum absolute atomic E-state index is 0.0462. The SMILES string of the molecule is CCCOc1ccc([C@H]2/C(=C(\O)c3ccc4c(c3)C[C@H](C)O4)C(=O)C(=O)N2CCCN2CCOCC2)cc1OCC. The monoisotopic (exact) mass is 564 g/mol. The number of aliphatic hydroxyl groups is 1. The van der Waals surface area contributed by atoms with Crippen LogP contribution in [0.2, 0.25) is 0 Å². The summed E-state index contributed by atoms with van der Waals surface area (Å²) < 4.78 is 23.1. The molecule has 2 atom stereocenters. The summed E-state index contributed by atoms with van der Waals surface area (Å²) in [7, 11) is 0. The fraction of sp³-hybridized carbons (Fsp3) is 0.500. The van der Waals surface area contributed by atoms with Crippen LogP contribution >= 0.6 is 0 Å². The highest BCUT2D eigenvalue weighted by molar-refractivity contribution is 6.46. The molecule has 0 aliphatic carbocycles. The van der Waals surface area contributed by atoms with Crippen LogP contribution in [-0.4, -0.2) is 85.3 Å². The standard InChI is InChI=1S/C32H40N2O7/c1-4-15-40-26-10-7-22(20-27(26)39-5-2)29-28(30(35)23-8-9-25-24(19-23)18-21(3)41-25)31(36)32(37)34(29)12-6-11-33-13-16-38-17-14-33/h7-10,19-21,29,35H,4-6,11-18H2,1-3H3/b30-28+/t21-,29-/m0/s1. The zero-order chi connectivity index (χ0) is 28.9. The molecule has 0 unspecified atom stereocenters. The summed E-state index contributed by atoms with van der Waals surface area (Å²) in [6.07, 6.45) is 2.30. The number of rotatable bonds is 11. The Morgan fingerprint density at radius 1 is 1.02 bits per heavy atom. The first-order valence-electron chi connectivity index (χ1n) is 14.7. The molecule has 3 aliphatic heterocycles. The van der Waals surface area contributed by atoms with Crippen LogP contribution in [0, 0.1) is 0 Å². The molecule has 0 radical (unpaired) electrons. The number of amides is 1. The van der Waals surface area contributed by atoms with Gasteiger partial charge in [-0.1, -0.05) is 13.0 Å². The lowest BCUT2D eigenvalue weighted by atomic mass is 9.94. The van der Waals surface area contributed by atoms with E-state index in [4.69, 9.17) is 18.9 Å². The summed E-state index contributed by atoms with van der Waals surface area (Å²) in [5.74, 6) is 0.443. The van der Waals surface area contributed by atoms with E-state index in [1.165, 1.54) is 0 Å². The predicted molar refractivity (Wildman–Crippen MR) is 155 cm³/mol. The Balaban J connectivity index is 1.52. The molecule has 9 nitrogen and oxygen atoms in total. The van der Waals surface area contributed by atoms with Crippen molar-refractivity contribution >= 4 is 17.4 Å². The van der Waals surface area contributed by atoms with Gasteiger partial charge < -0.3 is 29.0 Å². The molecule has 2 aromatic carbocycles. The number of carbonyl (C=O) groups excluding carboxylic acids is 2. The van der Waals surface area contributed by atoms with E-state index in [9.17, 15) is 14.7 Å². The van der Waals surface area contributed by atoms with Crippen molar-refractivity contribution in [2.24, 2.45) is 0 Å². The number of ether oxygens (including phenoxy) is 4. The molecule has 5 rings (SSSR count). The minimum Gasteiger partial charge on any atom is -0.507 e. The Morgan fingerprint density at radius 2 is 1.83 bits per heavy atom. The number of Topliss-reactive ketones (excluding diaryl/α,β-unsaturated/α-hetero) is 1. The maximum Gasteiger partial charge on any atom is 0.295 e. The van der Waals surface area contributed by atoms with Crippen molar-refractivity contribution < 1.29 is 33.6 Å². The van der Waals surface area contributed by atoms with Crippen molar-refractivity contribution in [2.75, 3.05) is 52.6 Å². The normalized spacial score (nSPS) is 22.1. The third kappa shape index (κ3) is 6.21. The molecule has 220 valence electrons. The Kier molecular flexibility index (Phi) is 9.15. The van der Waals surface area contributed by atoms with Crippen LogP contribution in [0.25, 0.3) is 5.76 Å². The van der Waals surface area contributed by atoms with Crippen LogP contribution in [0.1, 0.15) is 56.3 Å².